The second kappa shape index (κ2) is 5.23. The number of carbonyl (C=O) groups excluding carboxylic acids is 1. The van der Waals surface area contributed by atoms with Gasteiger partial charge in [-0.2, -0.15) is 5.26 Å². The van der Waals surface area contributed by atoms with Crippen molar-refractivity contribution < 1.29 is 4.79 Å². The number of nitriles is 1. The van der Waals surface area contributed by atoms with Crippen LogP contribution in [0.1, 0.15) is 15.9 Å². The van der Waals surface area contributed by atoms with Crippen LogP contribution in [0.25, 0.3) is 0 Å². The van der Waals surface area contributed by atoms with Gasteiger partial charge >= 0.3 is 0 Å². The van der Waals surface area contributed by atoms with Crippen LogP contribution in [-0.4, -0.2) is 10.9 Å². The Morgan fingerprint density at radius 3 is 3.00 bits per heavy atom. The van der Waals surface area contributed by atoms with E-state index in [1.165, 1.54) is 11.3 Å². The molecule has 1 aromatic heterocycles. The van der Waals surface area contributed by atoms with E-state index in [0.717, 1.165) is 5.56 Å². The zero-order valence-electron chi connectivity index (χ0n) is 8.88. The fourth-order valence-electron chi connectivity index (χ4n) is 1.43. The van der Waals surface area contributed by atoms with E-state index < -0.39 is 0 Å². The van der Waals surface area contributed by atoms with Crippen molar-refractivity contribution >= 4 is 22.4 Å². The number of aromatic nitrogens is 1. The third-order valence-corrected chi connectivity index (χ3v) is 2.87. The Balaban J connectivity index is 2.22. The Kier molecular flexibility index (Phi) is 3.48. The third-order valence-electron chi connectivity index (χ3n) is 2.18. The molecule has 0 aliphatic rings. The highest BCUT2D eigenvalue weighted by molar-refractivity contribution is 7.13. The predicted molar refractivity (Wildman–Crippen MR) is 65.8 cm³/mol. The monoisotopic (exact) mass is 243 g/mol. The minimum absolute atomic E-state index is 0.224. The molecule has 1 heterocycles. The lowest BCUT2D eigenvalue weighted by Gasteiger charge is -2.05. The summed E-state index contributed by atoms with van der Waals surface area (Å²) in [4.78, 5) is 15.9. The molecule has 0 radical (unpaired) electrons. The molecular weight excluding hydrogens is 234 g/mol. The molecule has 5 heteroatoms. The van der Waals surface area contributed by atoms with Crippen LogP contribution >= 0.6 is 11.3 Å². The second-order valence-electron chi connectivity index (χ2n) is 3.28. The maximum Gasteiger partial charge on any atom is 0.257 e. The highest BCUT2D eigenvalue weighted by atomic mass is 32.1. The van der Waals surface area contributed by atoms with Crippen LogP contribution in [0.2, 0.25) is 0 Å². The van der Waals surface area contributed by atoms with Gasteiger partial charge in [0.2, 0.25) is 0 Å². The average Bonchev–Trinajstić information content (AvgIpc) is 2.83. The van der Waals surface area contributed by atoms with Crippen LogP contribution in [0, 0.1) is 11.3 Å². The summed E-state index contributed by atoms with van der Waals surface area (Å²) in [5, 5.41) is 13.7. The topological polar surface area (TPSA) is 65.8 Å². The molecule has 0 bridgehead atoms. The van der Waals surface area contributed by atoms with Crippen LogP contribution in [0.4, 0.5) is 5.13 Å². The zero-order valence-corrected chi connectivity index (χ0v) is 9.70. The van der Waals surface area contributed by atoms with Crippen LogP contribution in [-0.2, 0) is 6.42 Å². The number of rotatable bonds is 3. The molecule has 1 amide bonds. The third kappa shape index (κ3) is 2.68. The Morgan fingerprint density at radius 1 is 1.47 bits per heavy atom. The van der Waals surface area contributed by atoms with Gasteiger partial charge in [0, 0.05) is 17.1 Å². The largest absolute Gasteiger partial charge is 0.298 e. The maximum atomic E-state index is 12.0. The summed E-state index contributed by atoms with van der Waals surface area (Å²) in [5.41, 5.74) is 1.24. The van der Waals surface area contributed by atoms with Gasteiger partial charge in [-0.1, -0.05) is 18.2 Å². The molecule has 0 atom stereocenters. The summed E-state index contributed by atoms with van der Waals surface area (Å²) in [5.74, 6) is -0.231. The van der Waals surface area contributed by atoms with Crippen LogP contribution in [0.5, 0.6) is 0 Å². The molecule has 1 aromatic carbocycles. The minimum Gasteiger partial charge on any atom is -0.298 e. The number of hydrogen-bond acceptors (Lipinski definition) is 4. The normalized spacial score (nSPS) is 9.59. The molecule has 1 N–H and O–H groups in total. The fourth-order valence-corrected chi connectivity index (χ4v) is 1.95. The van der Waals surface area contributed by atoms with Gasteiger partial charge < -0.3 is 0 Å². The first-order valence-corrected chi connectivity index (χ1v) is 5.85. The maximum absolute atomic E-state index is 12.0. The lowest BCUT2D eigenvalue weighted by Crippen LogP contribution is -2.13. The minimum atomic E-state index is -0.231. The molecular formula is C12H9N3OS. The number of thiazole rings is 1. The molecule has 2 aromatic rings. The molecule has 84 valence electrons. The quantitative estimate of drug-likeness (QED) is 0.900. The van der Waals surface area contributed by atoms with Crippen molar-refractivity contribution in [3.63, 3.8) is 0 Å². The molecule has 0 saturated carbocycles. The summed E-state index contributed by atoms with van der Waals surface area (Å²) in [6.45, 7) is 0. The van der Waals surface area contributed by atoms with E-state index in [2.05, 4.69) is 10.3 Å². The van der Waals surface area contributed by atoms with Crippen molar-refractivity contribution in [3.05, 3.63) is 47.0 Å². The average molecular weight is 243 g/mol. The van der Waals surface area contributed by atoms with Gasteiger partial charge in [0.25, 0.3) is 5.91 Å². The summed E-state index contributed by atoms with van der Waals surface area (Å²) in [7, 11) is 0. The van der Waals surface area contributed by atoms with Crippen molar-refractivity contribution in [2.75, 3.05) is 5.32 Å². The van der Waals surface area contributed by atoms with Gasteiger partial charge in [-0.3, -0.25) is 10.1 Å². The molecule has 0 spiro atoms. The summed E-state index contributed by atoms with van der Waals surface area (Å²) in [6.07, 6.45) is 1.85. The summed E-state index contributed by atoms with van der Waals surface area (Å²) >= 11 is 1.36. The van der Waals surface area contributed by atoms with Gasteiger partial charge in [0.15, 0.2) is 5.13 Å². The lowest BCUT2D eigenvalue weighted by atomic mass is 10.0. The number of carbonyl (C=O) groups is 1. The number of benzene rings is 1. The van der Waals surface area contributed by atoms with E-state index in [1.54, 1.807) is 29.8 Å². The van der Waals surface area contributed by atoms with E-state index >= 15 is 0 Å². The number of nitrogens with zero attached hydrogens (tertiary/aromatic N) is 2. The van der Waals surface area contributed by atoms with E-state index in [9.17, 15) is 4.79 Å². The Labute approximate surface area is 103 Å². The van der Waals surface area contributed by atoms with Gasteiger partial charge in [-0.25, -0.2) is 4.98 Å². The van der Waals surface area contributed by atoms with Crippen molar-refractivity contribution in [1.82, 2.24) is 4.98 Å². The van der Waals surface area contributed by atoms with Crippen molar-refractivity contribution in [3.8, 4) is 6.07 Å². The number of anilines is 1. The van der Waals surface area contributed by atoms with Crippen LogP contribution < -0.4 is 5.32 Å². The van der Waals surface area contributed by atoms with Crippen molar-refractivity contribution in [1.29, 1.82) is 5.26 Å². The summed E-state index contributed by atoms with van der Waals surface area (Å²) < 4.78 is 0. The molecule has 0 aliphatic carbocycles. The SMILES string of the molecule is N#CCc1ccccc1C(=O)Nc1nccs1. The number of amides is 1. The highest BCUT2D eigenvalue weighted by Gasteiger charge is 2.11. The van der Waals surface area contributed by atoms with Gasteiger partial charge in [0.1, 0.15) is 0 Å². The van der Waals surface area contributed by atoms with E-state index in [-0.39, 0.29) is 12.3 Å². The second-order valence-corrected chi connectivity index (χ2v) is 4.18. The van der Waals surface area contributed by atoms with Crippen LogP contribution in [0.15, 0.2) is 35.8 Å². The fraction of sp³-hybridized carbons (Fsp3) is 0.0833. The van der Waals surface area contributed by atoms with Crippen molar-refractivity contribution in [2.24, 2.45) is 0 Å². The smallest absolute Gasteiger partial charge is 0.257 e. The standard InChI is InChI=1S/C12H9N3OS/c13-6-5-9-3-1-2-4-10(9)11(16)15-12-14-7-8-17-12/h1-4,7-8H,5H2,(H,14,15,16). The first-order valence-electron chi connectivity index (χ1n) is 4.97. The Morgan fingerprint density at radius 2 is 2.29 bits per heavy atom. The molecule has 4 nitrogen and oxygen atoms in total. The molecule has 17 heavy (non-hydrogen) atoms. The molecule has 0 saturated heterocycles. The molecule has 2 rings (SSSR count). The number of hydrogen-bond donors (Lipinski definition) is 1. The van der Waals surface area contributed by atoms with Gasteiger partial charge in [-0.05, 0) is 11.6 Å². The van der Waals surface area contributed by atoms with Crippen LogP contribution in [0.3, 0.4) is 0 Å². The molecule has 0 aliphatic heterocycles. The van der Waals surface area contributed by atoms with E-state index in [0.29, 0.717) is 10.7 Å². The Hall–Kier alpha value is -2.19. The zero-order chi connectivity index (χ0) is 12.1. The molecule has 0 unspecified atom stereocenters. The first-order chi connectivity index (χ1) is 8.31. The Bertz CT molecular complexity index is 557. The van der Waals surface area contributed by atoms with E-state index in [1.807, 2.05) is 12.1 Å². The molecule has 0 fully saturated rings. The lowest BCUT2D eigenvalue weighted by molar-refractivity contribution is 0.102. The number of nitrogens with one attached hydrogen (secondary N) is 1. The summed E-state index contributed by atoms with van der Waals surface area (Å²) in [6, 6.07) is 9.11. The van der Waals surface area contributed by atoms with Gasteiger partial charge in [0.05, 0.1) is 12.5 Å². The van der Waals surface area contributed by atoms with Crippen molar-refractivity contribution in [2.45, 2.75) is 6.42 Å². The predicted octanol–water partition coefficient (Wildman–Crippen LogP) is 2.46. The van der Waals surface area contributed by atoms with Gasteiger partial charge in [-0.15, -0.1) is 11.3 Å². The first kappa shape index (κ1) is 11.3. The van der Waals surface area contributed by atoms with E-state index in [4.69, 9.17) is 5.26 Å². The highest BCUT2D eigenvalue weighted by Crippen LogP contribution is 2.15.